The second-order valence-corrected chi connectivity index (χ2v) is 13.6. The molecule has 0 unspecified atom stereocenters. The zero-order valence-corrected chi connectivity index (χ0v) is 28.2. The van der Waals surface area contributed by atoms with E-state index < -0.39 is 40.5 Å². The summed E-state index contributed by atoms with van der Waals surface area (Å²) in [7, 11) is 3.32. The second kappa shape index (κ2) is 12.6. The molecule has 0 spiro atoms. The molecule has 50 heavy (non-hydrogen) atoms. The van der Waals surface area contributed by atoms with Gasteiger partial charge in [0, 0.05) is 50.3 Å². The van der Waals surface area contributed by atoms with Gasteiger partial charge in [0.05, 0.1) is 54.0 Å². The highest BCUT2D eigenvalue weighted by Gasteiger charge is 2.47. The number of ether oxygens (including phenoxy) is 2. The van der Waals surface area contributed by atoms with Gasteiger partial charge in [0.1, 0.15) is 12.4 Å². The van der Waals surface area contributed by atoms with E-state index in [0.29, 0.717) is 49.0 Å². The number of amides is 1. The van der Waals surface area contributed by atoms with Gasteiger partial charge in [-0.2, -0.15) is 28.2 Å². The molecule has 15 heteroatoms. The smallest absolute Gasteiger partial charge is 0.418 e. The van der Waals surface area contributed by atoms with Crippen molar-refractivity contribution in [2.45, 2.75) is 70.1 Å². The number of nitrogens with zero attached hydrogens (tertiary/aromatic N) is 7. The number of hydrogen-bond donors (Lipinski definition) is 1. The molecule has 4 aliphatic rings. The summed E-state index contributed by atoms with van der Waals surface area (Å²) in [5, 5.41) is 4.48. The van der Waals surface area contributed by atoms with Gasteiger partial charge in [-0.3, -0.25) is 14.4 Å². The van der Waals surface area contributed by atoms with Gasteiger partial charge in [-0.15, -0.1) is 5.92 Å². The number of nitrogen functional groups attached to an aromatic ring is 1. The van der Waals surface area contributed by atoms with Crippen molar-refractivity contribution in [3.8, 4) is 17.9 Å². The molecule has 1 aromatic carbocycles. The van der Waals surface area contributed by atoms with Crippen LogP contribution >= 0.6 is 0 Å². The number of nitrogens with two attached hydrogens (primary N) is 1. The van der Waals surface area contributed by atoms with Crippen molar-refractivity contribution in [3.05, 3.63) is 69.4 Å². The third kappa shape index (κ3) is 5.94. The Labute approximate surface area is 287 Å². The number of carbonyl (C=O) groups excluding carboxylic acids is 1. The van der Waals surface area contributed by atoms with Gasteiger partial charge in [0.2, 0.25) is 0 Å². The first-order valence-electron chi connectivity index (χ1n) is 16.5. The SMILES string of the molecule is C=C1CN2CCC[C@@]2(COc2nc3c(c(N4CCn5nc(C(=O)N(C)C)cc5C4)n2)CO[C@H](c2c(F)c(N)cc(C#CC)c2C(F)(F)F)C3)C1. The van der Waals surface area contributed by atoms with Crippen molar-refractivity contribution in [1.29, 1.82) is 0 Å². The number of carbonyl (C=O) groups is 1. The van der Waals surface area contributed by atoms with E-state index in [1.165, 1.54) is 11.8 Å². The first-order chi connectivity index (χ1) is 23.8. The molecule has 2 saturated heterocycles. The molecule has 0 bridgehead atoms. The molecule has 7 rings (SSSR count). The quantitative estimate of drug-likeness (QED) is 0.173. The van der Waals surface area contributed by atoms with Crippen LogP contribution in [0.5, 0.6) is 6.01 Å². The minimum atomic E-state index is -4.93. The van der Waals surface area contributed by atoms with Gasteiger partial charge in [-0.05, 0) is 44.9 Å². The largest absolute Gasteiger partial charge is 0.461 e. The summed E-state index contributed by atoms with van der Waals surface area (Å²) in [5.41, 5.74) is 6.05. The minimum absolute atomic E-state index is 0.0716. The normalized spacial score (nSPS) is 21.7. The van der Waals surface area contributed by atoms with Crippen LogP contribution in [0.3, 0.4) is 0 Å². The molecule has 6 heterocycles. The Morgan fingerprint density at radius 2 is 2.02 bits per heavy atom. The third-order valence-electron chi connectivity index (χ3n) is 9.98. The fraction of sp³-hybridized carbons (Fsp3) is 0.486. The van der Waals surface area contributed by atoms with E-state index in [9.17, 15) is 18.0 Å². The third-order valence-corrected chi connectivity index (χ3v) is 9.98. The molecule has 2 aromatic heterocycles. The fourth-order valence-electron chi connectivity index (χ4n) is 7.71. The van der Waals surface area contributed by atoms with Crippen LogP contribution in [-0.4, -0.2) is 81.3 Å². The summed E-state index contributed by atoms with van der Waals surface area (Å²) in [6.07, 6.45) is -3.72. The predicted molar refractivity (Wildman–Crippen MR) is 176 cm³/mol. The lowest BCUT2D eigenvalue weighted by Crippen LogP contribution is -2.43. The highest BCUT2D eigenvalue weighted by Crippen LogP contribution is 2.45. The Hall–Kier alpha value is -4.68. The number of anilines is 2. The molecular formula is C35H38F4N8O3. The molecule has 0 saturated carbocycles. The molecule has 1 amide bonds. The summed E-state index contributed by atoms with van der Waals surface area (Å²) < 4.78 is 73.4. The van der Waals surface area contributed by atoms with Gasteiger partial charge < -0.3 is 25.0 Å². The molecular weight excluding hydrogens is 656 g/mol. The predicted octanol–water partition coefficient (Wildman–Crippen LogP) is 4.49. The molecule has 3 aromatic rings. The van der Waals surface area contributed by atoms with Crippen LogP contribution in [0, 0.1) is 17.7 Å². The Balaban J connectivity index is 1.27. The van der Waals surface area contributed by atoms with E-state index >= 15 is 4.39 Å². The lowest BCUT2D eigenvalue weighted by atomic mass is 9.90. The van der Waals surface area contributed by atoms with Gasteiger partial charge in [-0.25, -0.2) is 4.39 Å². The van der Waals surface area contributed by atoms with E-state index in [0.717, 1.165) is 49.7 Å². The molecule has 4 aliphatic heterocycles. The van der Waals surface area contributed by atoms with Gasteiger partial charge >= 0.3 is 12.2 Å². The Bertz CT molecular complexity index is 1950. The Morgan fingerprint density at radius 1 is 1.22 bits per heavy atom. The molecule has 2 fully saturated rings. The van der Waals surface area contributed by atoms with Crippen molar-refractivity contribution < 1.29 is 31.8 Å². The average molecular weight is 695 g/mol. The van der Waals surface area contributed by atoms with Crippen molar-refractivity contribution in [2.75, 3.05) is 51.0 Å². The summed E-state index contributed by atoms with van der Waals surface area (Å²) >= 11 is 0. The molecule has 11 nitrogen and oxygen atoms in total. The van der Waals surface area contributed by atoms with Crippen LogP contribution < -0.4 is 15.4 Å². The van der Waals surface area contributed by atoms with Gasteiger partial charge in [0.15, 0.2) is 11.5 Å². The lowest BCUT2D eigenvalue weighted by Gasteiger charge is -2.34. The fourth-order valence-corrected chi connectivity index (χ4v) is 7.71. The molecule has 2 atom stereocenters. The van der Waals surface area contributed by atoms with Crippen LogP contribution in [-0.2, 0) is 37.0 Å². The number of rotatable bonds is 6. The zero-order valence-electron chi connectivity index (χ0n) is 28.2. The molecule has 2 N–H and O–H groups in total. The maximum atomic E-state index is 15.7. The van der Waals surface area contributed by atoms with Crippen LogP contribution in [0.1, 0.15) is 76.4 Å². The number of benzene rings is 1. The lowest BCUT2D eigenvalue weighted by molar-refractivity contribution is -0.140. The van der Waals surface area contributed by atoms with Crippen LogP contribution in [0.15, 0.2) is 24.3 Å². The Kier molecular flexibility index (Phi) is 8.50. The maximum Gasteiger partial charge on any atom is 0.418 e. The topological polar surface area (TPSA) is 115 Å². The van der Waals surface area contributed by atoms with E-state index in [4.69, 9.17) is 25.2 Å². The first-order valence-corrected chi connectivity index (χ1v) is 16.5. The second-order valence-electron chi connectivity index (χ2n) is 13.6. The van der Waals surface area contributed by atoms with Crippen LogP contribution in [0.2, 0.25) is 0 Å². The standard InChI is InChI=1S/C35H38F4N8O3/c1-5-7-21-12-24(40)30(36)28(29(21)35(37,38)39)27-14-25-23(18-49-27)31(45-10-11-47-22(17-45)13-26(43-47)32(48)44(3)4)42-33(41-25)50-19-34-8-6-9-46(34)16-20(2)15-34/h12-13,27H,2,6,8-11,14-19,40H2,1,3-4H3/t27-,34-/m0/s1. The molecule has 0 aliphatic carbocycles. The van der Waals surface area contributed by atoms with Crippen molar-refractivity contribution in [2.24, 2.45) is 0 Å². The maximum absolute atomic E-state index is 15.7. The first kappa shape index (κ1) is 33.8. The molecule has 264 valence electrons. The summed E-state index contributed by atoms with van der Waals surface area (Å²) in [4.78, 5) is 28.0. The summed E-state index contributed by atoms with van der Waals surface area (Å²) in [6.45, 7) is 8.73. The van der Waals surface area contributed by atoms with E-state index in [-0.39, 0.29) is 30.5 Å². The summed E-state index contributed by atoms with van der Waals surface area (Å²) in [5.74, 6) is 3.97. The molecule has 0 radical (unpaired) electrons. The van der Waals surface area contributed by atoms with E-state index in [2.05, 4.69) is 28.4 Å². The number of aromatic nitrogens is 4. The van der Waals surface area contributed by atoms with Crippen LogP contribution in [0.25, 0.3) is 0 Å². The Morgan fingerprint density at radius 3 is 2.76 bits per heavy atom. The monoisotopic (exact) mass is 694 g/mol. The number of hydrogen-bond acceptors (Lipinski definition) is 9. The van der Waals surface area contributed by atoms with Crippen molar-refractivity contribution in [1.82, 2.24) is 29.5 Å². The summed E-state index contributed by atoms with van der Waals surface area (Å²) in [6, 6.07) is 2.72. The number of alkyl halides is 3. The van der Waals surface area contributed by atoms with Crippen LogP contribution in [0.4, 0.5) is 29.1 Å². The van der Waals surface area contributed by atoms with Crippen molar-refractivity contribution in [3.63, 3.8) is 0 Å². The minimum Gasteiger partial charge on any atom is -0.461 e. The highest BCUT2D eigenvalue weighted by molar-refractivity contribution is 5.92. The van der Waals surface area contributed by atoms with E-state index in [1.807, 2.05) is 4.90 Å². The van der Waals surface area contributed by atoms with E-state index in [1.54, 1.807) is 24.8 Å². The number of halogens is 4. The zero-order chi connectivity index (χ0) is 35.5. The number of fused-ring (bicyclic) bond motifs is 3. The highest BCUT2D eigenvalue weighted by atomic mass is 19.4. The van der Waals surface area contributed by atoms with Gasteiger partial charge in [-0.1, -0.05) is 18.1 Å². The average Bonchev–Trinajstić information content (AvgIpc) is 3.75. The van der Waals surface area contributed by atoms with Crippen molar-refractivity contribution >= 4 is 17.4 Å². The van der Waals surface area contributed by atoms with Gasteiger partial charge in [0.25, 0.3) is 5.91 Å².